The number of ketones is 1. The SMILES string of the molecule is COc1ccc(C2CC(=O)C3=C(C2)NC(C)=C(C(=O)OC2CCCC2)C3c2cc(Br)c(OC)c(OC)c2)cc1OC. The Hall–Kier alpha value is -3.46. The Kier molecular flexibility index (Phi) is 8.63. The fourth-order valence-corrected chi connectivity index (χ4v) is 6.93. The maximum absolute atomic E-state index is 14.1. The van der Waals surface area contributed by atoms with E-state index in [4.69, 9.17) is 23.7 Å². The van der Waals surface area contributed by atoms with Gasteiger partial charge < -0.3 is 29.0 Å². The molecule has 0 amide bonds. The van der Waals surface area contributed by atoms with Crippen LogP contribution in [0.4, 0.5) is 0 Å². The number of Topliss-reactive ketones (excluding diaryl/α,β-unsaturated/α-hetero) is 1. The minimum Gasteiger partial charge on any atom is -0.493 e. The molecule has 3 aliphatic rings. The summed E-state index contributed by atoms with van der Waals surface area (Å²) < 4.78 is 28.7. The molecule has 218 valence electrons. The molecule has 8 nitrogen and oxygen atoms in total. The van der Waals surface area contributed by atoms with Crippen molar-refractivity contribution in [2.24, 2.45) is 0 Å². The molecule has 5 rings (SSSR count). The van der Waals surface area contributed by atoms with Gasteiger partial charge in [-0.1, -0.05) is 6.07 Å². The average Bonchev–Trinajstić information content (AvgIpc) is 3.48. The zero-order valence-electron chi connectivity index (χ0n) is 24.1. The minimum atomic E-state index is -0.616. The summed E-state index contributed by atoms with van der Waals surface area (Å²) in [6.07, 6.45) is 4.61. The van der Waals surface area contributed by atoms with Crippen LogP contribution in [0.15, 0.2) is 57.3 Å². The van der Waals surface area contributed by atoms with Gasteiger partial charge >= 0.3 is 5.97 Å². The van der Waals surface area contributed by atoms with E-state index < -0.39 is 5.92 Å². The highest BCUT2D eigenvalue weighted by Crippen LogP contribution is 2.49. The number of nitrogens with one attached hydrogen (secondary N) is 1. The number of carbonyl (C=O) groups is 2. The maximum Gasteiger partial charge on any atom is 0.337 e. The van der Waals surface area contributed by atoms with Gasteiger partial charge in [-0.15, -0.1) is 0 Å². The minimum absolute atomic E-state index is 0.0203. The standard InChI is InChI=1S/C32H36BrNO7/c1-17-28(32(36)41-21-8-6-7-9-21)29(20-12-22(33)31(40-5)27(16-20)39-4)30-23(34-17)13-19(14-24(30)35)18-10-11-25(37-2)26(15-18)38-3/h10-12,15-16,19,21,29,34H,6-9,13-14H2,1-5H3. The molecule has 2 aliphatic carbocycles. The van der Waals surface area contributed by atoms with E-state index in [9.17, 15) is 9.59 Å². The zero-order chi connectivity index (χ0) is 29.3. The summed E-state index contributed by atoms with van der Waals surface area (Å²) >= 11 is 3.60. The largest absolute Gasteiger partial charge is 0.493 e. The van der Waals surface area contributed by atoms with E-state index in [0.29, 0.717) is 57.2 Å². The van der Waals surface area contributed by atoms with Gasteiger partial charge in [0.25, 0.3) is 0 Å². The van der Waals surface area contributed by atoms with Gasteiger partial charge in [-0.25, -0.2) is 4.79 Å². The summed E-state index contributed by atoms with van der Waals surface area (Å²) in [6.45, 7) is 1.88. The van der Waals surface area contributed by atoms with Crippen LogP contribution < -0.4 is 24.3 Å². The highest BCUT2D eigenvalue weighted by molar-refractivity contribution is 9.10. The Bertz CT molecular complexity index is 1420. The third-order valence-corrected chi connectivity index (χ3v) is 8.88. The van der Waals surface area contributed by atoms with Crippen LogP contribution in [0.25, 0.3) is 0 Å². The fraction of sp³-hybridized carbons (Fsp3) is 0.438. The van der Waals surface area contributed by atoms with Crippen molar-refractivity contribution in [3.05, 3.63) is 68.5 Å². The first kappa shape index (κ1) is 29.0. The average molecular weight is 627 g/mol. The number of carbonyl (C=O) groups excluding carboxylic acids is 2. The molecule has 2 unspecified atom stereocenters. The van der Waals surface area contributed by atoms with Crippen LogP contribution in [0.2, 0.25) is 0 Å². The lowest BCUT2D eigenvalue weighted by Gasteiger charge is -2.37. The third kappa shape index (κ3) is 5.56. The van der Waals surface area contributed by atoms with Gasteiger partial charge in [0.2, 0.25) is 0 Å². The number of esters is 1. The number of hydrogen-bond donors (Lipinski definition) is 1. The molecule has 0 bridgehead atoms. The normalized spacial score (nSPS) is 20.9. The van der Waals surface area contributed by atoms with Gasteiger partial charge in [-0.3, -0.25) is 4.79 Å². The summed E-state index contributed by atoms with van der Waals surface area (Å²) in [5.41, 5.74) is 4.27. The summed E-state index contributed by atoms with van der Waals surface area (Å²) in [6, 6.07) is 9.51. The van der Waals surface area contributed by atoms with Crippen molar-refractivity contribution in [3.8, 4) is 23.0 Å². The molecule has 41 heavy (non-hydrogen) atoms. The Morgan fingerprint density at radius 3 is 2.22 bits per heavy atom. The van der Waals surface area contributed by atoms with Gasteiger partial charge in [-0.2, -0.15) is 0 Å². The van der Waals surface area contributed by atoms with Crippen LogP contribution in [-0.2, 0) is 14.3 Å². The van der Waals surface area contributed by atoms with Gasteiger partial charge in [0, 0.05) is 29.3 Å². The van der Waals surface area contributed by atoms with E-state index in [1.165, 1.54) is 0 Å². The van der Waals surface area contributed by atoms with E-state index in [1.54, 1.807) is 28.4 Å². The van der Waals surface area contributed by atoms with Crippen LogP contribution in [0.3, 0.4) is 0 Å². The van der Waals surface area contributed by atoms with Crippen LogP contribution in [0.1, 0.15) is 68.4 Å². The molecule has 2 atom stereocenters. The molecular formula is C32H36BrNO7. The smallest absolute Gasteiger partial charge is 0.337 e. The van der Waals surface area contributed by atoms with Crippen molar-refractivity contribution < 1.29 is 33.3 Å². The van der Waals surface area contributed by atoms with Crippen LogP contribution >= 0.6 is 15.9 Å². The second-order valence-electron chi connectivity index (χ2n) is 10.7. The number of benzene rings is 2. The van der Waals surface area contributed by atoms with Crippen molar-refractivity contribution >= 4 is 27.7 Å². The Labute approximate surface area is 249 Å². The third-order valence-electron chi connectivity index (χ3n) is 8.29. The molecule has 9 heteroatoms. The molecule has 2 aromatic carbocycles. The molecule has 2 aromatic rings. The quantitative estimate of drug-likeness (QED) is 0.340. The molecule has 1 heterocycles. The number of methoxy groups -OCH3 is 4. The fourth-order valence-electron chi connectivity index (χ4n) is 6.31. The number of dihydropyridines is 1. The second kappa shape index (κ2) is 12.2. The molecular weight excluding hydrogens is 590 g/mol. The van der Waals surface area contributed by atoms with Gasteiger partial charge in [0.15, 0.2) is 28.8 Å². The highest BCUT2D eigenvalue weighted by Gasteiger charge is 2.42. The van der Waals surface area contributed by atoms with Crippen LogP contribution in [0.5, 0.6) is 23.0 Å². The lowest BCUT2D eigenvalue weighted by atomic mass is 9.71. The predicted molar refractivity (Wildman–Crippen MR) is 158 cm³/mol. The Balaban J connectivity index is 1.59. The number of rotatable bonds is 8. The lowest BCUT2D eigenvalue weighted by molar-refractivity contribution is -0.144. The first-order valence-corrected chi connectivity index (χ1v) is 14.7. The topological polar surface area (TPSA) is 92.3 Å². The summed E-state index contributed by atoms with van der Waals surface area (Å²) in [4.78, 5) is 27.8. The molecule has 1 aliphatic heterocycles. The monoisotopic (exact) mass is 625 g/mol. The van der Waals surface area contributed by atoms with E-state index in [2.05, 4.69) is 21.2 Å². The molecule has 0 radical (unpaired) electrons. The Morgan fingerprint density at radius 1 is 0.878 bits per heavy atom. The van der Waals surface area contributed by atoms with E-state index >= 15 is 0 Å². The molecule has 0 spiro atoms. The summed E-state index contributed by atoms with van der Waals surface area (Å²) in [7, 11) is 6.34. The maximum atomic E-state index is 14.1. The van der Waals surface area contributed by atoms with Crippen molar-refractivity contribution in [1.29, 1.82) is 0 Å². The molecule has 0 saturated heterocycles. The van der Waals surface area contributed by atoms with E-state index in [0.717, 1.165) is 42.5 Å². The summed E-state index contributed by atoms with van der Waals surface area (Å²) in [5, 5.41) is 3.43. The summed E-state index contributed by atoms with van der Waals surface area (Å²) in [5.74, 6) is 1.21. The van der Waals surface area contributed by atoms with Gasteiger partial charge in [0.05, 0.1) is 38.5 Å². The van der Waals surface area contributed by atoms with E-state index in [-0.39, 0.29) is 23.8 Å². The molecule has 1 N–H and O–H groups in total. The number of ether oxygens (including phenoxy) is 5. The van der Waals surface area contributed by atoms with Crippen molar-refractivity contribution in [2.75, 3.05) is 28.4 Å². The number of halogens is 1. The Morgan fingerprint density at radius 2 is 1.56 bits per heavy atom. The van der Waals surface area contributed by atoms with Crippen molar-refractivity contribution in [1.82, 2.24) is 5.32 Å². The highest BCUT2D eigenvalue weighted by atomic mass is 79.9. The van der Waals surface area contributed by atoms with Crippen LogP contribution in [0, 0.1) is 0 Å². The number of allylic oxidation sites excluding steroid dienone is 3. The predicted octanol–water partition coefficient (Wildman–Crippen LogP) is 6.33. The first-order valence-electron chi connectivity index (χ1n) is 13.9. The second-order valence-corrected chi connectivity index (χ2v) is 11.5. The number of hydrogen-bond acceptors (Lipinski definition) is 8. The van der Waals surface area contributed by atoms with Crippen LogP contribution in [-0.4, -0.2) is 46.3 Å². The molecule has 1 fully saturated rings. The van der Waals surface area contributed by atoms with Crippen molar-refractivity contribution in [3.63, 3.8) is 0 Å². The zero-order valence-corrected chi connectivity index (χ0v) is 25.7. The van der Waals surface area contributed by atoms with Gasteiger partial charge in [0.1, 0.15) is 6.10 Å². The van der Waals surface area contributed by atoms with E-state index in [1.807, 2.05) is 37.3 Å². The lowest BCUT2D eigenvalue weighted by Crippen LogP contribution is -2.36. The first-order chi connectivity index (χ1) is 19.8. The molecule has 0 aromatic heterocycles. The van der Waals surface area contributed by atoms with Crippen molar-refractivity contribution in [2.45, 2.75) is 63.4 Å². The van der Waals surface area contributed by atoms with Gasteiger partial charge in [-0.05, 0) is 96.3 Å². The molecule has 1 saturated carbocycles.